The van der Waals surface area contributed by atoms with Gasteiger partial charge in [0.15, 0.2) is 6.29 Å². The van der Waals surface area contributed by atoms with Gasteiger partial charge in [0.1, 0.15) is 41.6 Å². The van der Waals surface area contributed by atoms with E-state index in [-0.39, 0.29) is 85.6 Å². The monoisotopic (exact) mass is 1380 g/mol. The van der Waals surface area contributed by atoms with Gasteiger partial charge in [-0.1, -0.05) is 215 Å². The van der Waals surface area contributed by atoms with Crippen molar-refractivity contribution in [2.75, 3.05) is 20.8 Å². The molecule has 0 radical (unpaired) electrons. The van der Waals surface area contributed by atoms with Crippen molar-refractivity contribution in [2.45, 2.75) is 249 Å². The van der Waals surface area contributed by atoms with Gasteiger partial charge in [-0.2, -0.15) is 0 Å². The third-order valence-corrected chi connectivity index (χ3v) is 32.3. The summed E-state index contributed by atoms with van der Waals surface area (Å²) >= 11 is 0. The molecule has 5 heterocycles. The van der Waals surface area contributed by atoms with E-state index in [1.165, 1.54) is 0 Å². The highest BCUT2D eigenvalue weighted by atomic mass is 28.4. The Bertz CT molecular complexity index is 3420. The van der Waals surface area contributed by atoms with Crippen LogP contribution in [-0.2, 0) is 56.3 Å². The summed E-state index contributed by atoms with van der Waals surface area (Å²) in [5, 5.41) is 3.50. The van der Waals surface area contributed by atoms with Gasteiger partial charge in [0, 0.05) is 46.3 Å². The lowest BCUT2D eigenvalue weighted by molar-refractivity contribution is -0.285. The maximum atomic E-state index is 15.3. The molecule has 0 saturated carbocycles. The molecule has 5 aromatic rings. The summed E-state index contributed by atoms with van der Waals surface area (Å²) in [5.74, 6) is 0.0736. The number of carbonyl (C=O) groups is 3. The molecule has 15 heteroatoms. The molecule has 5 saturated heterocycles. The van der Waals surface area contributed by atoms with E-state index in [4.69, 9.17) is 46.7 Å². The summed E-state index contributed by atoms with van der Waals surface area (Å²) < 4.78 is 71.0. The summed E-state index contributed by atoms with van der Waals surface area (Å²) in [6.07, 6.45) is 1.06. The van der Waals surface area contributed by atoms with Crippen molar-refractivity contribution < 1.29 is 61.1 Å². The molecule has 0 aromatic heterocycles. The fraction of sp³-hybridized carbons (Fsp3) is 0.548. The van der Waals surface area contributed by atoms with Gasteiger partial charge in [0.2, 0.25) is 0 Å². The first kappa shape index (κ1) is 75.9. The quantitative estimate of drug-likeness (QED) is 0.0137. The van der Waals surface area contributed by atoms with Crippen molar-refractivity contribution in [2.24, 2.45) is 23.7 Å². The Kier molecular flexibility index (Phi) is 25.4. The fourth-order valence-corrected chi connectivity index (χ4v) is 26.5. The maximum absolute atomic E-state index is 15.3. The van der Waals surface area contributed by atoms with E-state index >= 15 is 9.59 Å². The van der Waals surface area contributed by atoms with Crippen molar-refractivity contribution in [3.8, 4) is 0 Å². The van der Waals surface area contributed by atoms with Crippen molar-refractivity contribution in [1.82, 2.24) is 0 Å². The van der Waals surface area contributed by atoms with E-state index in [9.17, 15) is 4.79 Å². The van der Waals surface area contributed by atoms with Crippen molar-refractivity contribution in [3.05, 3.63) is 187 Å². The standard InChI is InChI=1S/C84H112O13Si2/c1-16-56(2)48-57(3)42-46-71-59(5)50-64(91-71)44-43-62(85)53-75-79(97-99(83(10,11)12,68-38-28-20-29-39-68)69-40-30-21-31-41-69)84(13)80(94-75)78(96-98(82(7,8)9,66-34-24-18-25-35-66)67-36-26-19-27-37-67)77-72(95-84)47-45-65(92-77)51-63(86)52-70-60(6)73(93-74(70)54-76(88-14)89-15)49-58(4)55-90-81(87)61-32-22-17-23-33-61/h17-41,57-58,60,64-65,70-80H,1,5,42-55H2,2-4,6-15H3/t57-,58-,60+,64?,65+,70?,71-,72-,73+,74-,75+,77-,78-,79-,80-,84-/m0/s1. The van der Waals surface area contributed by atoms with E-state index in [0.717, 1.165) is 57.6 Å². The Morgan fingerprint density at radius 1 is 0.636 bits per heavy atom. The van der Waals surface area contributed by atoms with Gasteiger partial charge in [-0.05, 0) is 143 Å². The summed E-state index contributed by atoms with van der Waals surface area (Å²) in [4.78, 5) is 43.4. The minimum Gasteiger partial charge on any atom is -0.462 e. The van der Waals surface area contributed by atoms with Crippen LogP contribution in [0.15, 0.2) is 182 Å². The van der Waals surface area contributed by atoms with Gasteiger partial charge >= 0.3 is 5.97 Å². The molecule has 5 aliphatic heterocycles. The van der Waals surface area contributed by atoms with Gasteiger partial charge in [-0.15, -0.1) is 5.73 Å². The Morgan fingerprint density at radius 3 is 1.72 bits per heavy atom. The maximum Gasteiger partial charge on any atom is 0.338 e. The normalized spacial score (nSPS) is 27.8. The van der Waals surface area contributed by atoms with Gasteiger partial charge in [0.05, 0.1) is 54.9 Å². The summed E-state index contributed by atoms with van der Waals surface area (Å²) in [6.45, 7) is 33.0. The van der Waals surface area contributed by atoms with Crippen LogP contribution < -0.4 is 20.7 Å². The molecule has 13 nitrogen and oxygen atoms in total. The van der Waals surface area contributed by atoms with E-state index in [1.54, 1.807) is 26.4 Å². The van der Waals surface area contributed by atoms with Crippen LogP contribution in [0.1, 0.15) is 170 Å². The van der Waals surface area contributed by atoms with Crippen molar-refractivity contribution in [1.29, 1.82) is 0 Å². The zero-order valence-electron chi connectivity index (χ0n) is 61.3. The SMILES string of the molecule is C=C=C(C)C[C@@H](C)CC[C@@H]1OC(CCC(=O)C[C@H]2O[C@H]3[C@@H](O[Si](c4ccccc4)(c4ccccc4)C(C)(C)C)[C@H]4O[C@@H](CC(=O)CC5[C@H](CC(OC)OC)O[C@H](C[C@H](C)COC(=O)c6ccccc6)[C@@H]5C)CC[C@@H]4O[C@@]3(C)[C@H]2O[Si](c2ccccc2)(c2ccccc2)C(C)(C)C)CC1=C. The molecular formula is C84H112O13Si2. The Labute approximate surface area is 593 Å². The fourth-order valence-electron chi connectivity index (χ4n) is 17.0. The molecule has 99 heavy (non-hydrogen) atoms. The highest BCUT2D eigenvalue weighted by molar-refractivity contribution is 7.00. The Morgan fingerprint density at radius 2 is 1.18 bits per heavy atom. The first-order valence-electron chi connectivity index (χ1n) is 36.5. The van der Waals surface area contributed by atoms with Crippen LogP contribution in [-0.4, -0.2) is 134 Å². The van der Waals surface area contributed by atoms with Gasteiger partial charge in [-0.25, -0.2) is 4.79 Å². The first-order valence-corrected chi connectivity index (χ1v) is 40.4. The molecule has 10 rings (SSSR count). The molecule has 534 valence electrons. The number of hydrogen-bond acceptors (Lipinski definition) is 13. The second-order valence-corrected chi connectivity index (χ2v) is 40.0. The molecule has 5 fully saturated rings. The van der Waals surface area contributed by atoms with E-state index in [1.807, 2.05) is 18.2 Å². The molecule has 0 spiro atoms. The minimum atomic E-state index is -3.45. The van der Waals surface area contributed by atoms with Crippen LogP contribution in [0.25, 0.3) is 0 Å². The van der Waals surface area contributed by atoms with Crippen LogP contribution >= 0.6 is 0 Å². The predicted octanol–water partition coefficient (Wildman–Crippen LogP) is 14.6. The molecule has 0 aliphatic carbocycles. The first-order chi connectivity index (χ1) is 47.3. The third-order valence-electron chi connectivity index (χ3n) is 22.2. The van der Waals surface area contributed by atoms with Crippen molar-refractivity contribution in [3.63, 3.8) is 0 Å². The number of carbonyl (C=O) groups excluding carboxylic acids is 3. The summed E-state index contributed by atoms with van der Waals surface area (Å²) in [7, 11) is -3.62. The summed E-state index contributed by atoms with van der Waals surface area (Å²) in [6, 6.07) is 51.7. The van der Waals surface area contributed by atoms with Crippen LogP contribution in [0.5, 0.6) is 0 Å². The Balaban J connectivity index is 0.990. The van der Waals surface area contributed by atoms with Gasteiger partial charge < -0.3 is 46.7 Å². The minimum absolute atomic E-state index is 0.00760. The van der Waals surface area contributed by atoms with Gasteiger partial charge in [-0.3, -0.25) is 9.59 Å². The lowest BCUT2D eigenvalue weighted by atomic mass is 9.79. The molecule has 0 amide bonds. The average molecular weight is 1390 g/mol. The van der Waals surface area contributed by atoms with E-state index in [2.05, 4.69) is 216 Å². The number of rotatable bonds is 31. The second-order valence-electron chi connectivity index (χ2n) is 31.5. The Hall–Kier alpha value is -5.76. The molecule has 5 aromatic carbocycles. The lowest BCUT2D eigenvalue weighted by Gasteiger charge is -2.56. The lowest BCUT2D eigenvalue weighted by Crippen LogP contribution is -2.75. The number of benzene rings is 5. The van der Waals surface area contributed by atoms with Crippen LogP contribution in [0.3, 0.4) is 0 Å². The number of fused-ring (bicyclic) bond motifs is 2. The summed E-state index contributed by atoms with van der Waals surface area (Å²) in [5.41, 5.74) is 4.61. The molecule has 0 bridgehead atoms. The van der Waals surface area contributed by atoms with Gasteiger partial charge in [0.25, 0.3) is 16.6 Å². The smallest absolute Gasteiger partial charge is 0.338 e. The number of allylic oxidation sites excluding steroid dienone is 1. The number of ketones is 2. The highest BCUT2D eigenvalue weighted by Gasteiger charge is 2.69. The molecule has 16 atom stereocenters. The average Bonchev–Trinajstić information content (AvgIpc) is 1.64. The zero-order chi connectivity index (χ0) is 70.9. The number of methoxy groups -OCH3 is 2. The molecule has 2 unspecified atom stereocenters. The zero-order valence-corrected chi connectivity index (χ0v) is 63.3. The number of ether oxygens (including phenoxy) is 8. The highest BCUT2D eigenvalue weighted by Crippen LogP contribution is 2.53. The third kappa shape index (κ3) is 17.2. The van der Waals surface area contributed by atoms with Crippen LogP contribution in [0, 0.1) is 23.7 Å². The molecule has 0 N–H and O–H groups in total. The molecule has 5 aliphatic rings. The van der Waals surface area contributed by atoms with Crippen LogP contribution in [0.4, 0.5) is 0 Å². The van der Waals surface area contributed by atoms with Crippen LogP contribution in [0.2, 0.25) is 10.1 Å². The number of Topliss-reactive ketones (excluding diaryl/α,β-unsaturated/α-hetero) is 2. The number of esters is 1. The predicted molar refractivity (Wildman–Crippen MR) is 396 cm³/mol. The topological polar surface area (TPSA) is 144 Å². The van der Waals surface area contributed by atoms with E-state index in [0.29, 0.717) is 50.0 Å². The van der Waals surface area contributed by atoms with E-state index < -0.39 is 81.3 Å². The second kappa shape index (κ2) is 33.1. The van der Waals surface area contributed by atoms with Crippen molar-refractivity contribution >= 4 is 54.9 Å². The molecular weight excluding hydrogens is 1270 g/mol. The number of hydrogen-bond donors (Lipinski definition) is 0. The largest absolute Gasteiger partial charge is 0.462 e.